The van der Waals surface area contributed by atoms with E-state index in [1.54, 1.807) is 11.0 Å². The van der Waals surface area contributed by atoms with Crippen molar-refractivity contribution in [3.05, 3.63) is 38.9 Å². The molecule has 0 aliphatic carbocycles. The Hall–Kier alpha value is -3.17. The average Bonchev–Trinajstić information content (AvgIpc) is 2.61. The van der Waals surface area contributed by atoms with Gasteiger partial charge in [-0.05, 0) is 13.0 Å². The number of piperazine rings is 1. The van der Waals surface area contributed by atoms with Crippen molar-refractivity contribution in [2.45, 2.75) is 6.92 Å². The topological polar surface area (TPSA) is 124 Å². The number of anilines is 1. The lowest BCUT2D eigenvalue weighted by Crippen LogP contribution is -2.52. The fourth-order valence-electron chi connectivity index (χ4n) is 2.91. The van der Waals surface area contributed by atoms with Gasteiger partial charge in [0.25, 0.3) is 11.2 Å². The van der Waals surface area contributed by atoms with Gasteiger partial charge in [-0.1, -0.05) is 0 Å². The highest BCUT2D eigenvalue weighted by Crippen LogP contribution is 2.31. The van der Waals surface area contributed by atoms with E-state index in [1.807, 2.05) is 11.8 Å². The van der Waals surface area contributed by atoms with Gasteiger partial charge >= 0.3 is 6.03 Å². The highest BCUT2D eigenvalue weighted by Gasteiger charge is 2.26. The van der Waals surface area contributed by atoms with Gasteiger partial charge in [-0.15, -0.1) is 0 Å². The van der Waals surface area contributed by atoms with Gasteiger partial charge < -0.3 is 20.1 Å². The summed E-state index contributed by atoms with van der Waals surface area (Å²) in [5.74, 6) is 0. The Morgan fingerprint density at radius 2 is 2.08 bits per heavy atom. The lowest BCUT2D eigenvalue weighted by Gasteiger charge is -2.35. The van der Waals surface area contributed by atoms with E-state index in [0.717, 1.165) is 0 Å². The van der Waals surface area contributed by atoms with Gasteiger partial charge in [0.15, 0.2) is 0 Å². The molecule has 10 heteroatoms. The van der Waals surface area contributed by atoms with Crippen LogP contribution in [0.15, 0.2) is 23.3 Å². The number of carbonyl (C=O) groups is 1. The zero-order valence-corrected chi connectivity index (χ0v) is 13.7. The van der Waals surface area contributed by atoms with Gasteiger partial charge in [0.2, 0.25) is 0 Å². The Labute approximate surface area is 142 Å². The van der Waals surface area contributed by atoms with Crippen LogP contribution in [0, 0.1) is 10.1 Å². The van der Waals surface area contributed by atoms with Gasteiger partial charge in [-0.25, -0.2) is 9.78 Å². The number of nitro benzene ring substituents is 1. The molecule has 1 saturated heterocycles. The van der Waals surface area contributed by atoms with Crippen molar-refractivity contribution in [3.8, 4) is 0 Å². The summed E-state index contributed by atoms with van der Waals surface area (Å²) in [5, 5.41) is 14.4. The highest BCUT2D eigenvalue weighted by molar-refractivity contribution is 5.87. The van der Waals surface area contributed by atoms with Gasteiger partial charge in [0.05, 0.1) is 22.2 Å². The summed E-state index contributed by atoms with van der Waals surface area (Å²) in [7, 11) is 0. The Morgan fingerprint density at radius 3 is 2.72 bits per heavy atom. The number of urea groups is 1. The second-order valence-electron chi connectivity index (χ2n) is 5.66. The predicted octanol–water partition coefficient (Wildman–Crippen LogP) is 0.683. The number of hydrogen-bond acceptors (Lipinski definition) is 6. The van der Waals surface area contributed by atoms with Gasteiger partial charge in [0, 0.05) is 38.8 Å². The van der Waals surface area contributed by atoms with Crippen LogP contribution in [-0.4, -0.2) is 58.5 Å². The van der Waals surface area contributed by atoms with E-state index >= 15 is 0 Å². The summed E-state index contributed by atoms with van der Waals surface area (Å²) >= 11 is 0. The number of benzene rings is 1. The molecule has 1 fully saturated rings. The molecule has 1 aromatic heterocycles. The zero-order chi connectivity index (χ0) is 18.0. The van der Waals surface area contributed by atoms with Crippen LogP contribution in [-0.2, 0) is 0 Å². The predicted molar refractivity (Wildman–Crippen MR) is 91.9 cm³/mol. The first-order valence-corrected chi connectivity index (χ1v) is 7.94. The summed E-state index contributed by atoms with van der Waals surface area (Å²) in [6.07, 6.45) is 1.27. The second-order valence-corrected chi connectivity index (χ2v) is 5.66. The van der Waals surface area contributed by atoms with Gasteiger partial charge in [0.1, 0.15) is 5.69 Å². The Bertz CT molecular complexity index is 872. The van der Waals surface area contributed by atoms with Crippen molar-refractivity contribution in [2.75, 3.05) is 37.6 Å². The molecule has 10 nitrogen and oxygen atoms in total. The molecule has 1 aliphatic heterocycles. The maximum absolute atomic E-state index is 11.9. The molecule has 0 atom stereocenters. The largest absolute Gasteiger partial charge is 0.362 e. The number of nitrogens with one attached hydrogen (secondary N) is 2. The molecule has 3 rings (SSSR count). The number of rotatable bonds is 3. The van der Waals surface area contributed by atoms with Crippen molar-refractivity contribution in [1.29, 1.82) is 0 Å². The summed E-state index contributed by atoms with van der Waals surface area (Å²) in [5.41, 5.74) is 0.250. The van der Waals surface area contributed by atoms with E-state index in [4.69, 9.17) is 0 Å². The molecule has 132 valence electrons. The molecule has 1 aliphatic rings. The summed E-state index contributed by atoms with van der Waals surface area (Å²) < 4.78 is 0. The van der Waals surface area contributed by atoms with Crippen LogP contribution in [0.1, 0.15) is 6.92 Å². The zero-order valence-electron chi connectivity index (χ0n) is 13.7. The molecule has 2 heterocycles. The quantitative estimate of drug-likeness (QED) is 0.622. The van der Waals surface area contributed by atoms with Crippen molar-refractivity contribution >= 4 is 28.3 Å². The summed E-state index contributed by atoms with van der Waals surface area (Å²) in [6, 6.07) is 2.68. The molecule has 25 heavy (non-hydrogen) atoms. The number of H-pyrrole nitrogens is 1. The Balaban J connectivity index is 1.91. The number of nitrogens with zero attached hydrogens (tertiary/aromatic N) is 4. The molecular formula is C15H18N6O4. The van der Waals surface area contributed by atoms with Crippen LogP contribution in [0.4, 0.5) is 16.2 Å². The molecule has 0 spiro atoms. The first-order valence-electron chi connectivity index (χ1n) is 7.94. The van der Waals surface area contributed by atoms with Crippen LogP contribution in [0.2, 0.25) is 0 Å². The fourth-order valence-corrected chi connectivity index (χ4v) is 2.91. The standard InChI is InChI=1S/C15H18N6O4/c1-2-16-15(23)20-5-3-19(4-6-20)12-8-11-10(7-13(12)21(24)25)14(22)18-9-17-11/h7-9H,2-6H2,1H3,(H,16,23)(H,17,18,22). The number of fused-ring (bicyclic) bond motifs is 1. The third-order valence-corrected chi connectivity index (χ3v) is 4.17. The molecule has 0 bridgehead atoms. The lowest BCUT2D eigenvalue weighted by molar-refractivity contribution is -0.384. The smallest absolute Gasteiger partial charge is 0.317 e. The number of carbonyl (C=O) groups excluding carboxylic acids is 1. The van der Waals surface area contributed by atoms with Crippen LogP contribution < -0.4 is 15.8 Å². The minimum absolute atomic E-state index is 0.136. The number of nitro groups is 1. The first kappa shape index (κ1) is 16.7. The highest BCUT2D eigenvalue weighted by atomic mass is 16.6. The van der Waals surface area contributed by atoms with E-state index in [1.165, 1.54) is 12.4 Å². The lowest BCUT2D eigenvalue weighted by atomic mass is 10.1. The number of aromatic amines is 1. The average molecular weight is 346 g/mol. The summed E-state index contributed by atoms with van der Waals surface area (Å²) in [4.78, 5) is 44.7. The Morgan fingerprint density at radius 1 is 1.36 bits per heavy atom. The molecule has 1 aromatic carbocycles. The van der Waals surface area contributed by atoms with E-state index in [9.17, 15) is 19.7 Å². The molecule has 0 radical (unpaired) electrons. The molecule has 2 amide bonds. The SMILES string of the molecule is CCNC(=O)N1CCN(c2cc3nc[nH]c(=O)c3cc2[N+](=O)[O-])CC1. The number of hydrogen-bond donors (Lipinski definition) is 2. The van der Waals surface area contributed by atoms with Crippen LogP contribution in [0.25, 0.3) is 10.9 Å². The van der Waals surface area contributed by atoms with Gasteiger partial charge in [-0.3, -0.25) is 14.9 Å². The van der Waals surface area contributed by atoms with E-state index in [2.05, 4.69) is 15.3 Å². The third kappa shape index (κ3) is 3.23. The third-order valence-electron chi connectivity index (χ3n) is 4.17. The van der Waals surface area contributed by atoms with Crippen molar-refractivity contribution in [3.63, 3.8) is 0 Å². The molecular weight excluding hydrogens is 328 g/mol. The molecule has 2 aromatic rings. The van der Waals surface area contributed by atoms with E-state index < -0.39 is 10.5 Å². The second kappa shape index (κ2) is 6.75. The number of amides is 2. The molecule has 2 N–H and O–H groups in total. The minimum atomic E-state index is -0.503. The normalized spacial score (nSPS) is 14.6. The first-order chi connectivity index (χ1) is 12.0. The Kier molecular flexibility index (Phi) is 4.50. The fraction of sp³-hybridized carbons (Fsp3) is 0.400. The van der Waals surface area contributed by atoms with Crippen molar-refractivity contribution < 1.29 is 9.72 Å². The minimum Gasteiger partial charge on any atom is -0.362 e. The summed E-state index contributed by atoms with van der Waals surface area (Å²) in [6.45, 7) is 4.25. The monoisotopic (exact) mass is 346 g/mol. The van der Waals surface area contributed by atoms with Crippen molar-refractivity contribution in [1.82, 2.24) is 20.2 Å². The maximum Gasteiger partial charge on any atom is 0.317 e. The van der Waals surface area contributed by atoms with Gasteiger partial charge in [-0.2, -0.15) is 0 Å². The van der Waals surface area contributed by atoms with Crippen LogP contribution in [0.5, 0.6) is 0 Å². The van der Waals surface area contributed by atoms with E-state index in [-0.39, 0.29) is 17.1 Å². The molecule has 0 unspecified atom stereocenters. The molecule has 0 saturated carbocycles. The van der Waals surface area contributed by atoms with E-state index in [0.29, 0.717) is 43.9 Å². The van der Waals surface area contributed by atoms with Crippen LogP contribution in [0.3, 0.4) is 0 Å². The number of aromatic nitrogens is 2. The van der Waals surface area contributed by atoms with Crippen molar-refractivity contribution in [2.24, 2.45) is 0 Å². The van der Waals surface area contributed by atoms with Crippen LogP contribution >= 0.6 is 0 Å². The maximum atomic E-state index is 11.9.